The number of hydrogen-bond donors (Lipinski definition) is 3. The molecule has 1 aliphatic rings. The first kappa shape index (κ1) is 20.4. The molecule has 0 bridgehead atoms. The largest absolute Gasteiger partial charge is 0.479 e. The Bertz CT molecular complexity index is 922. The second-order valence-corrected chi connectivity index (χ2v) is 9.27. The number of carboxylic acids is 1. The molecule has 3 rings (SSSR count). The predicted molar refractivity (Wildman–Crippen MR) is 109 cm³/mol. The summed E-state index contributed by atoms with van der Waals surface area (Å²) in [5.74, 6) is -1.45. The van der Waals surface area contributed by atoms with E-state index in [4.69, 9.17) is 4.74 Å². The molecule has 1 heterocycles. The lowest BCUT2D eigenvalue weighted by Gasteiger charge is -2.58. The lowest BCUT2D eigenvalue weighted by atomic mass is 9.54. The van der Waals surface area contributed by atoms with Crippen LogP contribution in [0.4, 0.5) is 0 Å². The minimum atomic E-state index is -1.35. The first-order valence-electron chi connectivity index (χ1n) is 9.73. The van der Waals surface area contributed by atoms with Crippen molar-refractivity contribution in [2.75, 3.05) is 6.61 Å². The summed E-state index contributed by atoms with van der Waals surface area (Å²) < 4.78 is 5.66. The van der Waals surface area contributed by atoms with Crippen LogP contribution in [0.3, 0.4) is 0 Å². The first-order valence-corrected chi connectivity index (χ1v) is 9.73. The van der Waals surface area contributed by atoms with Crippen molar-refractivity contribution in [1.82, 2.24) is 10.3 Å². The van der Waals surface area contributed by atoms with E-state index in [2.05, 4.69) is 37.1 Å². The van der Waals surface area contributed by atoms with Crippen LogP contribution in [0.15, 0.2) is 24.3 Å². The van der Waals surface area contributed by atoms with E-state index in [0.717, 1.165) is 16.5 Å². The molecule has 28 heavy (non-hydrogen) atoms. The molecule has 0 radical (unpaired) electrons. The van der Waals surface area contributed by atoms with Gasteiger partial charge in [-0.1, -0.05) is 46.8 Å². The number of rotatable bonds is 5. The summed E-state index contributed by atoms with van der Waals surface area (Å²) in [6, 6.07) is 7.84. The predicted octanol–water partition coefficient (Wildman–Crippen LogP) is 3.85. The van der Waals surface area contributed by atoms with E-state index in [-0.39, 0.29) is 17.9 Å². The Kier molecular flexibility index (Phi) is 4.82. The van der Waals surface area contributed by atoms with Crippen molar-refractivity contribution < 1.29 is 19.4 Å². The Hall–Kier alpha value is -2.34. The van der Waals surface area contributed by atoms with Gasteiger partial charge in [-0.3, -0.25) is 4.79 Å². The molecule has 2 unspecified atom stereocenters. The number of amides is 1. The molecule has 152 valence electrons. The van der Waals surface area contributed by atoms with Crippen LogP contribution in [0.25, 0.3) is 10.9 Å². The SMILES string of the molecule is CCOC1CC(NC(=O)c2cc3ccc(C(C)(C)C)cc3[nH]2)(C(=O)O)C1(C)C. The highest BCUT2D eigenvalue weighted by atomic mass is 16.5. The van der Waals surface area contributed by atoms with Gasteiger partial charge in [-0.05, 0) is 30.0 Å². The van der Waals surface area contributed by atoms with Gasteiger partial charge in [0.15, 0.2) is 0 Å². The summed E-state index contributed by atoms with van der Waals surface area (Å²) >= 11 is 0. The highest BCUT2D eigenvalue weighted by Crippen LogP contribution is 2.51. The van der Waals surface area contributed by atoms with E-state index >= 15 is 0 Å². The molecular weight excluding hydrogens is 356 g/mol. The van der Waals surface area contributed by atoms with Crippen LogP contribution in [-0.2, 0) is 14.9 Å². The Balaban J connectivity index is 1.88. The number of ether oxygens (including phenoxy) is 1. The number of aromatic amines is 1. The third-order valence-corrected chi connectivity index (χ3v) is 6.19. The van der Waals surface area contributed by atoms with Gasteiger partial charge in [0.25, 0.3) is 5.91 Å². The molecule has 2 atom stereocenters. The fourth-order valence-corrected chi connectivity index (χ4v) is 4.01. The molecule has 0 spiro atoms. The summed E-state index contributed by atoms with van der Waals surface area (Å²) in [7, 11) is 0. The number of aliphatic carboxylic acids is 1. The third-order valence-electron chi connectivity index (χ3n) is 6.19. The average Bonchev–Trinajstić information content (AvgIpc) is 3.02. The van der Waals surface area contributed by atoms with Gasteiger partial charge in [0.1, 0.15) is 11.2 Å². The normalized spacial score (nSPS) is 24.0. The molecule has 6 heteroatoms. The molecule has 1 aromatic heterocycles. The molecule has 1 aromatic carbocycles. The second-order valence-electron chi connectivity index (χ2n) is 9.27. The fraction of sp³-hybridized carbons (Fsp3) is 0.545. The smallest absolute Gasteiger partial charge is 0.330 e. The molecule has 2 aromatic rings. The summed E-state index contributed by atoms with van der Waals surface area (Å²) in [4.78, 5) is 28.1. The zero-order valence-electron chi connectivity index (χ0n) is 17.5. The van der Waals surface area contributed by atoms with Crippen molar-refractivity contribution in [3.8, 4) is 0 Å². The van der Waals surface area contributed by atoms with Gasteiger partial charge in [-0.2, -0.15) is 0 Å². The van der Waals surface area contributed by atoms with Crippen LogP contribution in [0.2, 0.25) is 0 Å². The van der Waals surface area contributed by atoms with E-state index in [1.807, 2.05) is 32.9 Å². The maximum atomic E-state index is 12.9. The van der Waals surface area contributed by atoms with Gasteiger partial charge in [0, 0.05) is 29.3 Å². The molecule has 6 nitrogen and oxygen atoms in total. The number of aromatic nitrogens is 1. The number of carbonyl (C=O) groups is 2. The van der Waals surface area contributed by atoms with E-state index in [1.54, 1.807) is 6.07 Å². The van der Waals surface area contributed by atoms with Crippen LogP contribution in [0.1, 0.15) is 64.0 Å². The van der Waals surface area contributed by atoms with Crippen LogP contribution < -0.4 is 5.32 Å². The molecule has 0 saturated heterocycles. The Morgan fingerprint density at radius 2 is 1.96 bits per heavy atom. The summed E-state index contributed by atoms with van der Waals surface area (Å²) in [6.07, 6.45) is 0.0505. The molecule has 1 fully saturated rings. The number of fused-ring (bicyclic) bond motifs is 1. The van der Waals surface area contributed by atoms with Gasteiger partial charge in [0.2, 0.25) is 0 Å². The van der Waals surface area contributed by atoms with Crippen molar-refractivity contribution in [2.24, 2.45) is 5.41 Å². The van der Waals surface area contributed by atoms with E-state index in [1.165, 1.54) is 0 Å². The maximum Gasteiger partial charge on any atom is 0.330 e. The van der Waals surface area contributed by atoms with Crippen molar-refractivity contribution in [3.05, 3.63) is 35.5 Å². The number of hydrogen-bond acceptors (Lipinski definition) is 3. The van der Waals surface area contributed by atoms with E-state index in [9.17, 15) is 14.7 Å². The van der Waals surface area contributed by atoms with Crippen LogP contribution in [-0.4, -0.2) is 40.2 Å². The van der Waals surface area contributed by atoms with E-state index < -0.39 is 22.8 Å². The molecular formula is C22H30N2O4. The summed E-state index contributed by atoms with van der Waals surface area (Å²) in [5.41, 5.74) is 0.322. The number of H-pyrrole nitrogens is 1. The maximum absolute atomic E-state index is 12.9. The average molecular weight is 386 g/mol. The highest BCUT2D eigenvalue weighted by Gasteiger charge is 2.66. The first-order chi connectivity index (χ1) is 12.9. The van der Waals surface area contributed by atoms with Crippen molar-refractivity contribution in [1.29, 1.82) is 0 Å². The quantitative estimate of drug-likeness (QED) is 0.728. The summed E-state index contributed by atoms with van der Waals surface area (Å²) in [6.45, 7) is 12.4. The van der Waals surface area contributed by atoms with Gasteiger partial charge < -0.3 is 20.1 Å². The Morgan fingerprint density at radius 3 is 2.50 bits per heavy atom. The number of benzene rings is 1. The monoisotopic (exact) mass is 386 g/mol. The summed E-state index contributed by atoms with van der Waals surface area (Å²) in [5, 5.41) is 13.6. The van der Waals surface area contributed by atoms with Crippen LogP contribution in [0.5, 0.6) is 0 Å². The van der Waals surface area contributed by atoms with Gasteiger partial charge in [0.05, 0.1) is 6.10 Å². The third kappa shape index (κ3) is 3.09. The molecule has 1 aliphatic carbocycles. The number of carbonyl (C=O) groups excluding carboxylic acids is 1. The fourth-order valence-electron chi connectivity index (χ4n) is 4.01. The molecule has 1 saturated carbocycles. The van der Waals surface area contributed by atoms with Crippen molar-refractivity contribution in [3.63, 3.8) is 0 Å². The van der Waals surface area contributed by atoms with Gasteiger partial charge >= 0.3 is 5.97 Å². The molecule has 0 aliphatic heterocycles. The Labute approximate surface area is 165 Å². The topological polar surface area (TPSA) is 91.4 Å². The zero-order valence-corrected chi connectivity index (χ0v) is 17.5. The lowest BCUT2D eigenvalue weighted by Crippen LogP contribution is -2.76. The van der Waals surface area contributed by atoms with Crippen molar-refractivity contribution in [2.45, 2.75) is 65.0 Å². The Morgan fingerprint density at radius 1 is 1.29 bits per heavy atom. The number of nitrogens with one attached hydrogen (secondary N) is 2. The van der Waals surface area contributed by atoms with Gasteiger partial charge in [-0.15, -0.1) is 0 Å². The standard InChI is InChI=1S/C22H30N2O4/c1-7-28-17-12-22(19(26)27,21(17,5)6)24-18(25)16-10-13-8-9-14(20(2,3)4)11-15(13)23-16/h8-11,17,23H,7,12H2,1-6H3,(H,24,25)(H,26,27). The number of carboxylic acid groups (broad SMARTS) is 1. The molecule has 3 N–H and O–H groups in total. The van der Waals surface area contributed by atoms with Crippen LogP contribution >= 0.6 is 0 Å². The minimum absolute atomic E-state index is 0.000662. The zero-order chi connectivity index (χ0) is 20.9. The van der Waals surface area contributed by atoms with Crippen molar-refractivity contribution >= 4 is 22.8 Å². The lowest BCUT2D eigenvalue weighted by molar-refractivity contribution is -0.190. The molecule has 1 amide bonds. The minimum Gasteiger partial charge on any atom is -0.479 e. The highest BCUT2D eigenvalue weighted by molar-refractivity contribution is 6.01. The van der Waals surface area contributed by atoms with Crippen LogP contribution in [0, 0.1) is 5.41 Å². The second kappa shape index (κ2) is 6.62. The van der Waals surface area contributed by atoms with E-state index in [0.29, 0.717) is 12.3 Å². The van der Waals surface area contributed by atoms with Gasteiger partial charge in [-0.25, -0.2) is 4.79 Å².